The molecule has 1 unspecified atom stereocenters. The van der Waals surface area contributed by atoms with E-state index in [1.54, 1.807) is 46.6 Å². The molecule has 0 saturated carbocycles. The van der Waals surface area contributed by atoms with E-state index in [0.29, 0.717) is 36.0 Å². The summed E-state index contributed by atoms with van der Waals surface area (Å²) in [6, 6.07) is 12.9. The number of halogens is 2. The summed E-state index contributed by atoms with van der Waals surface area (Å²) in [6.45, 7) is 2.40. The Balaban J connectivity index is 1.54. The molecular formula is C20H20F2N4OS. The molecule has 4 rings (SSSR count). The Morgan fingerprint density at radius 3 is 2.64 bits per heavy atom. The van der Waals surface area contributed by atoms with Gasteiger partial charge in [0.1, 0.15) is 11.6 Å². The molecular weight excluding hydrogens is 382 g/mol. The second-order valence-corrected chi connectivity index (χ2v) is 7.14. The van der Waals surface area contributed by atoms with Gasteiger partial charge in [-0.15, -0.1) is 0 Å². The normalized spacial score (nSPS) is 17.8. The molecule has 0 spiro atoms. The van der Waals surface area contributed by atoms with Crippen LogP contribution in [-0.2, 0) is 18.5 Å². The van der Waals surface area contributed by atoms with Crippen molar-refractivity contribution in [3.05, 3.63) is 70.5 Å². The lowest BCUT2D eigenvalue weighted by Crippen LogP contribution is -2.39. The number of aromatic nitrogens is 3. The molecule has 1 aliphatic rings. The van der Waals surface area contributed by atoms with E-state index in [-0.39, 0.29) is 17.7 Å². The number of nitrogens with zero attached hydrogens (tertiary/aromatic N) is 4. The first-order chi connectivity index (χ1) is 13.5. The van der Waals surface area contributed by atoms with Crippen molar-refractivity contribution in [3.63, 3.8) is 0 Å². The molecule has 8 heteroatoms. The number of morpholine rings is 1. The van der Waals surface area contributed by atoms with Crippen LogP contribution in [0, 0.1) is 16.4 Å². The van der Waals surface area contributed by atoms with Gasteiger partial charge in [0.2, 0.25) is 0 Å². The van der Waals surface area contributed by atoms with Crippen LogP contribution in [0.25, 0.3) is 11.4 Å². The summed E-state index contributed by atoms with van der Waals surface area (Å²) in [5, 5.41) is 4.55. The van der Waals surface area contributed by atoms with Crippen LogP contribution < -0.4 is 0 Å². The molecule has 0 radical (unpaired) electrons. The lowest BCUT2D eigenvalue weighted by atomic mass is 10.1. The highest BCUT2D eigenvalue weighted by atomic mass is 32.1. The highest BCUT2D eigenvalue weighted by Gasteiger charge is 2.23. The minimum Gasteiger partial charge on any atom is -0.371 e. The molecule has 146 valence electrons. The van der Waals surface area contributed by atoms with Gasteiger partial charge in [0.05, 0.1) is 24.9 Å². The Morgan fingerprint density at radius 2 is 1.89 bits per heavy atom. The second kappa shape index (κ2) is 7.90. The summed E-state index contributed by atoms with van der Waals surface area (Å²) in [5.74, 6) is -0.108. The second-order valence-electron chi connectivity index (χ2n) is 6.77. The molecule has 1 fully saturated rings. The molecule has 1 aliphatic heterocycles. The molecule has 0 bridgehead atoms. The molecule has 28 heavy (non-hydrogen) atoms. The molecule has 1 saturated heterocycles. The van der Waals surface area contributed by atoms with Crippen LogP contribution in [0.2, 0.25) is 0 Å². The van der Waals surface area contributed by atoms with Crippen LogP contribution >= 0.6 is 12.2 Å². The van der Waals surface area contributed by atoms with Crippen molar-refractivity contribution in [2.75, 3.05) is 19.7 Å². The molecule has 5 nitrogen and oxygen atoms in total. The highest BCUT2D eigenvalue weighted by molar-refractivity contribution is 7.71. The van der Waals surface area contributed by atoms with Crippen molar-refractivity contribution in [3.8, 4) is 11.4 Å². The number of rotatable bonds is 4. The lowest BCUT2D eigenvalue weighted by Gasteiger charge is -2.32. The molecule has 2 aromatic carbocycles. The summed E-state index contributed by atoms with van der Waals surface area (Å²) >= 11 is 5.50. The van der Waals surface area contributed by atoms with Gasteiger partial charge in [0, 0.05) is 20.1 Å². The maximum atomic E-state index is 14.2. The number of ether oxygens (including phenoxy) is 1. The first-order valence-corrected chi connectivity index (χ1v) is 9.42. The third kappa shape index (κ3) is 3.76. The van der Waals surface area contributed by atoms with Gasteiger partial charge in [-0.25, -0.2) is 13.5 Å². The van der Waals surface area contributed by atoms with Crippen LogP contribution in [0.3, 0.4) is 0 Å². The predicted molar refractivity (Wildman–Crippen MR) is 104 cm³/mol. The molecule has 0 N–H and O–H groups in total. The third-order valence-electron chi connectivity index (χ3n) is 4.88. The zero-order valence-electron chi connectivity index (χ0n) is 15.4. The zero-order chi connectivity index (χ0) is 19.7. The lowest BCUT2D eigenvalue weighted by molar-refractivity contribution is -0.0419. The summed E-state index contributed by atoms with van der Waals surface area (Å²) in [4.78, 5) is 2.17. The van der Waals surface area contributed by atoms with Crippen molar-refractivity contribution in [2.24, 2.45) is 7.05 Å². The van der Waals surface area contributed by atoms with E-state index in [0.717, 1.165) is 12.1 Å². The summed E-state index contributed by atoms with van der Waals surface area (Å²) < 4.78 is 37.1. The number of benzene rings is 2. The van der Waals surface area contributed by atoms with Crippen LogP contribution in [0.15, 0.2) is 48.5 Å². The molecule has 0 aliphatic carbocycles. The summed E-state index contributed by atoms with van der Waals surface area (Å²) in [7, 11) is 1.79. The monoisotopic (exact) mass is 402 g/mol. The fourth-order valence-electron chi connectivity index (χ4n) is 3.36. The first-order valence-electron chi connectivity index (χ1n) is 9.01. The Morgan fingerprint density at radius 1 is 1.14 bits per heavy atom. The quantitative estimate of drug-likeness (QED) is 0.620. The van der Waals surface area contributed by atoms with Gasteiger partial charge in [0.25, 0.3) is 0 Å². The average molecular weight is 402 g/mol. The molecule has 1 aromatic heterocycles. The van der Waals surface area contributed by atoms with Crippen molar-refractivity contribution in [1.82, 2.24) is 19.2 Å². The smallest absolute Gasteiger partial charge is 0.199 e. The first kappa shape index (κ1) is 18.9. The highest BCUT2D eigenvalue weighted by Crippen LogP contribution is 2.24. The predicted octanol–water partition coefficient (Wildman–Crippen LogP) is 3.93. The van der Waals surface area contributed by atoms with Gasteiger partial charge in [-0.2, -0.15) is 5.10 Å². The van der Waals surface area contributed by atoms with Gasteiger partial charge in [0.15, 0.2) is 10.6 Å². The van der Waals surface area contributed by atoms with Gasteiger partial charge in [-0.1, -0.05) is 24.3 Å². The molecule has 1 atom stereocenters. The van der Waals surface area contributed by atoms with E-state index in [4.69, 9.17) is 17.0 Å². The molecule has 0 amide bonds. The Bertz CT molecular complexity index is 1030. The Labute approximate surface area is 166 Å². The minimum atomic E-state index is -0.333. The van der Waals surface area contributed by atoms with Crippen molar-refractivity contribution in [2.45, 2.75) is 12.8 Å². The standard InChI is InChI=1S/C20H20F2N4OS/c1-24-19(16-4-2-3-5-17(16)22)23-26(20(24)28)13-25-10-11-27-18(12-25)14-6-8-15(21)9-7-14/h2-9,18H,10-13H2,1H3. The summed E-state index contributed by atoms with van der Waals surface area (Å²) in [6.07, 6.45) is -0.140. The Kier molecular flexibility index (Phi) is 5.34. The Hall–Kier alpha value is -2.42. The molecule has 2 heterocycles. The van der Waals surface area contributed by atoms with E-state index in [1.165, 1.54) is 18.2 Å². The minimum absolute atomic E-state index is 0.140. The van der Waals surface area contributed by atoms with E-state index in [1.807, 2.05) is 0 Å². The summed E-state index contributed by atoms with van der Waals surface area (Å²) in [5.41, 5.74) is 1.35. The van der Waals surface area contributed by atoms with Crippen LogP contribution in [0.1, 0.15) is 11.7 Å². The fraction of sp³-hybridized carbons (Fsp3) is 0.300. The maximum Gasteiger partial charge on any atom is 0.199 e. The number of hydrogen-bond acceptors (Lipinski definition) is 4. The SMILES string of the molecule is Cn1c(-c2ccccc2F)nn(CN2CCOC(c3ccc(F)cc3)C2)c1=S. The van der Waals surface area contributed by atoms with Crippen molar-refractivity contribution < 1.29 is 13.5 Å². The van der Waals surface area contributed by atoms with Crippen LogP contribution in [0.5, 0.6) is 0 Å². The zero-order valence-corrected chi connectivity index (χ0v) is 16.2. The van der Waals surface area contributed by atoms with Crippen molar-refractivity contribution in [1.29, 1.82) is 0 Å². The largest absolute Gasteiger partial charge is 0.371 e. The van der Waals surface area contributed by atoms with Gasteiger partial charge in [-0.05, 0) is 42.0 Å². The van der Waals surface area contributed by atoms with Gasteiger partial charge >= 0.3 is 0 Å². The van der Waals surface area contributed by atoms with E-state index < -0.39 is 0 Å². The van der Waals surface area contributed by atoms with Crippen LogP contribution in [-0.4, -0.2) is 38.9 Å². The van der Waals surface area contributed by atoms with E-state index >= 15 is 0 Å². The fourth-order valence-corrected chi connectivity index (χ4v) is 3.54. The van der Waals surface area contributed by atoms with Gasteiger partial charge < -0.3 is 9.30 Å². The average Bonchev–Trinajstić information content (AvgIpc) is 2.97. The van der Waals surface area contributed by atoms with E-state index in [9.17, 15) is 8.78 Å². The van der Waals surface area contributed by atoms with Gasteiger partial charge in [-0.3, -0.25) is 4.90 Å². The van der Waals surface area contributed by atoms with Crippen LogP contribution in [0.4, 0.5) is 8.78 Å². The molecule has 3 aromatic rings. The topological polar surface area (TPSA) is 35.2 Å². The number of hydrogen-bond donors (Lipinski definition) is 0. The third-order valence-corrected chi connectivity index (χ3v) is 5.37. The van der Waals surface area contributed by atoms with E-state index in [2.05, 4.69) is 10.00 Å². The maximum absolute atomic E-state index is 14.2. The van der Waals surface area contributed by atoms with Crippen molar-refractivity contribution >= 4 is 12.2 Å².